The highest BCUT2D eigenvalue weighted by atomic mass is 32.1. The molecule has 3 nitrogen and oxygen atoms in total. The van der Waals surface area contributed by atoms with Crippen LogP contribution in [0.3, 0.4) is 0 Å². The maximum absolute atomic E-state index is 5.31. The van der Waals surface area contributed by atoms with Gasteiger partial charge in [-0.05, 0) is 69.4 Å². The highest BCUT2D eigenvalue weighted by Gasteiger charge is 2.20. The smallest absolute Gasteiger partial charge is 0.235 e. The fraction of sp³-hybridized carbons (Fsp3) is 0. The van der Waals surface area contributed by atoms with Gasteiger partial charge >= 0.3 is 0 Å². The van der Waals surface area contributed by atoms with Gasteiger partial charge in [0.1, 0.15) is 0 Å². The molecule has 11 aromatic rings. The number of thiophene rings is 1. The average molecular weight is 680 g/mol. The molecule has 3 heterocycles. The van der Waals surface area contributed by atoms with E-state index in [-0.39, 0.29) is 0 Å². The predicted octanol–water partition coefficient (Wildman–Crippen LogP) is 13.2. The first-order valence-corrected chi connectivity index (χ1v) is 18.4. The number of hydrogen-bond acceptors (Lipinski definition) is 3. The highest BCUT2D eigenvalue weighted by Crippen LogP contribution is 2.42. The Morgan fingerprint density at radius 2 is 1.12 bits per heavy atom. The molecular formula is C48H29N3S. The Labute approximate surface area is 303 Å². The first-order chi connectivity index (χ1) is 25.8. The van der Waals surface area contributed by atoms with Gasteiger partial charge in [0.2, 0.25) is 5.95 Å². The Hall–Kier alpha value is -6.62. The van der Waals surface area contributed by atoms with Gasteiger partial charge in [0.25, 0.3) is 0 Å². The molecular weight excluding hydrogens is 651 g/mol. The van der Waals surface area contributed by atoms with Gasteiger partial charge in [-0.3, -0.25) is 4.57 Å². The molecule has 242 valence electrons. The lowest BCUT2D eigenvalue weighted by atomic mass is 9.96. The summed E-state index contributed by atoms with van der Waals surface area (Å²) in [6.07, 6.45) is 0. The van der Waals surface area contributed by atoms with Crippen LogP contribution in [0.1, 0.15) is 0 Å². The number of nitrogens with zero attached hydrogens (tertiary/aromatic N) is 3. The molecule has 4 heteroatoms. The van der Waals surface area contributed by atoms with E-state index in [9.17, 15) is 0 Å². The molecule has 11 rings (SSSR count). The second kappa shape index (κ2) is 11.5. The summed E-state index contributed by atoms with van der Waals surface area (Å²) in [6.45, 7) is 0. The molecule has 3 aromatic heterocycles. The molecule has 0 aliphatic rings. The van der Waals surface area contributed by atoms with Gasteiger partial charge in [-0.1, -0.05) is 140 Å². The number of hydrogen-bond donors (Lipinski definition) is 0. The zero-order valence-corrected chi connectivity index (χ0v) is 28.8. The normalized spacial score (nSPS) is 11.8. The van der Waals surface area contributed by atoms with Crippen molar-refractivity contribution in [3.8, 4) is 39.5 Å². The monoisotopic (exact) mass is 679 g/mol. The van der Waals surface area contributed by atoms with E-state index in [0.29, 0.717) is 5.95 Å². The first kappa shape index (κ1) is 29.1. The van der Waals surface area contributed by atoms with E-state index in [2.05, 4.69) is 174 Å². The summed E-state index contributed by atoms with van der Waals surface area (Å²) in [7, 11) is 0. The molecule has 0 amide bonds. The van der Waals surface area contributed by atoms with Gasteiger partial charge < -0.3 is 0 Å². The molecule has 0 saturated heterocycles. The van der Waals surface area contributed by atoms with Gasteiger partial charge in [-0.15, -0.1) is 11.3 Å². The second-order valence-corrected chi connectivity index (χ2v) is 14.4. The van der Waals surface area contributed by atoms with Crippen molar-refractivity contribution in [2.75, 3.05) is 0 Å². The Morgan fingerprint density at radius 1 is 0.423 bits per heavy atom. The van der Waals surface area contributed by atoms with Crippen LogP contribution < -0.4 is 0 Å². The third-order valence-electron chi connectivity index (χ3n) is 10.4. The Balaban J connectivity index is 1.14. The minimum atomic E-state index is 0.666. The second-order valence-electron chi connectivity index (χ2n) is 13.4. The van der Waals surface area contributed by atoms with Crippen LogP contribution in [0.15, 0.2) is 176 Å². The van der Waals surface area contributed by atoms with Gasteiger partial charge in [0, 0.05) is 41.9 Å². The number of para-hydroxylation sites is 1. The number of rotatable bonds is 4. The first-order valence-electron chi connectivity index (χ1n) is 17.6. The Morgan fingerprint density at radius 3 is 2.04 bits per heavy atom. The lowest BCUT2D eigenvalue weighted by molar-refractivity contribution is 1.01. The summed E-state index contributed by atoms with van der Waals surface area (Å²) in [5.41, 5.74) is 9.94. The van der Waals surface area contributed by atoms with Crippen LogP contribution in [-0.4, -0.2) is 14.5 Å². The fourth-order valence-electron chi connectivity index (χ4n) is 8.01. The van der Waals surface area contributed by atoms with Crippen LogP contribution in [0.2, 0.25) is 0 Å². The highest BCUT2D eigenvalue weighted by molar-refractivity contribution is 7.26. The lowest BCUT2D eigenvalue weighted by Crippen LogP contribution is -2.03. The third-order valence-corrected chi connectivity index (χ3v) is 11.6. The van der Waals surface area contributed by atoms with E-state index >= 15 is 0 Å². The molecule has 0 fully saturated rings. The summed E-state index contributed by atoms with van der Waals surface area (Å²) < 4.78 is 4.90. The van der Waals surface area contributed by atoms with Crippen molar-refractivity contribution >= 4 is 75.0 Å². The van der Waals surface area contributed by atoms with Crippen molar-refractivity contribution in [3.05, 3.63) is 176 Å². The summed E-state index contributed by atoms with van der Waals surface area (Å²) in [5.74, 6) is 0.666. The molecule has 0 spiro atoms. The van der Waals surface area contributed by atoms with Crippen molar-refractivity contribution in [1.82, 2.24) is 14.5 Å². The SMILES string of the molecule is c1ccc(-c2nc(-n3c4ccc(-c5cccc(-c6cccc7c6sc6ccccc67)c5)cc4c4c5ccccc5ccc43)nc3ccccc23)cc1. The predicted molar refractivity (Wildman–Crippen MR) is 221 cm³/mol. The third kappa shape index (κ3) is 4.45. The summed E-state index contributed by atoms with van der Waals surface area (Å²) in [4.78, 5) is 10.5. The summed E-state index contributed by atoms with van der Waals surface area (Å²) in [5, 5.41) is 8.49. The standard InChI is InChI=1S/C48H29N3S/c1-2-13-31(14-3-1)46-39-19-6-8-22-41(39)49-48(50-46)51-42-26-25-33(29-40(42)45-35-17-5-4-12-30(35)24-27-43(45)51)32-15-10-16-34(28-32)36-20-11-21-38-37-18-7-9-23-44(37)52-47(36)38/h1-29H. The van der Waals surface area contributed by atoms with Gasteiger partial charge in [0.05, 0.1) is 22.2 Å². The zero-order chi connectivity index (χ0) is 34.2. The molecule has 0 bridgehead atoms. The molecule has 8 aromatic carbocycles. The molecule has 52 heavy (non-hydrogen) atoms. The maximum atomic E-state index is 5.31. The van der Waals surface area contributed by atoms with Crippen molar-refractivity contribution in [2.45, 2.75) is 0 Å². The van der Waals surface area contributed by atoms with Gasteiger partial charge in [-0.25, -0.2) is 9.97 Å². The maximum Gasteiger partial charge on any atom is 0.235 e. The molecule has 0 radical (unpaired) electrons. The lowest BCUT2D eigenvalue weighted by Gasteiger charge is -2.12. The van der Waals surface area contributed by atoms with Crippen LogP contribution >= 0.6 is 11.3 Å². The minimum Gasteiger partial charge on any atom is -0.278 e. The van der Waals surface area contributed by atoms with Crippen LogP contribution in [0.25, 0.3) is 103 Å². The van der Waals surface area contributed by atoms with E-state index < -0.39 is 0 Å². The fourth-order valence-corrected chi connectivity index (χ4v) is 9.24. The quantitative estimate of drug-likeness (QED) is 0.185. The largest absolute Gasteiger partial charge is 0.278 e. The summed E-state index contributed by atoms with van der Waals surface area (Å²) in [6, 6.07) is 63.1. The molecule has 0 aliphatic heterocycles. The number of aromatic nitrogens is 3. The Bertz CT molecular complexity index is 3190. The van der Waals surface area contributed by atoms with E-state index in [0.717, 1.165) is 33.2 Å². The topological polar surface area (TPSA) is 30.7 Å². The van der Waals surface area contributed by atoms with E-state index in [1.165, 1.54) is 64.0 Å². The van der Waals surface area contributed by atoms with Crippen LogP contribution in [-0.2, 0) is 0 Å². The van der Waals surface area contributed by atoms with Crippen molar-refractivity contribution < 1.29 is 0 Å². The van der Waals surface area contributed by atoms with E-state index in [1.807, 2.05) is 17.4 Å². The molecule has 0 saturated carbocycles. The van der Waals surface area contributed by atoms with Gasteiger partial charge in [-0.2, -0.15) is 0 Å². The number of benzene rings is 8. The minimum absolute atomic E-state index is 0.666. The van der Waals surface area contributed by atoms with Crippen molar-refractivity contribution in [2.24, 2.45) is 0 Å². The molecule has 0 N–H and O–H groups in total. The molecule has 0 aliphatic carbocycles. The number of fused-ring (bicyclic) bond motifs is 9. The van der Waals surface area contributed by atoms with Gasteiger partial charge in [0.15, 0.2) is 0 Å². The van der Waals surface area contributed by atoms with Crippen LogP contribution in [0, 0.1) is 0 Å². The van der Waals surface area contributed by atoms with E-state index in [4.69, 9.17) is 9.97 Å². The molecule has 0 unspecified atom stereocenters. The van der Waals surface area contributed by atoms with Crippen molar-refractivity contribution in [1.29, 1.82) is 0 Å². The zero-order valence-electron chi connectivity index (χ0n) is 28.0. The molecule has 0 atom stereocenters. The van der Waals surface area contributed by atoms with Crippen molar-refractivity contribution in [3.63, 3.8) is 0 Å². The van der Waals surface area contributed by atoms with Crippen LogP contribution in [0.5, 0.6) is 0 Å². The van der Waals surface area contributed by atoms with E-state index in [1.54, 1.807) is 0 Å². The summed E-state index contributed by atoms with van der Waals surface area (Å²) >= 11 is 1.88. The average Bonchev–Trinajstić information content (AvgIpc) is 3.77. The van der Waals surface area contributed by atoms with Crippen LogP contribution in [0.4, 0.5) is 0 Å². The Kier molecular flexibility index (Phi) is 6.42.